The molecule has 1 aromatic carbocycles. The summed E-state index contributed by atoms with van der Waals surface area (Å²) in [4.78, 5) is 16.0. The lowest BCUT2D eigenvalue weighted by Gasteiger charge is -2.19. The summed E-state index contributed by atoms with van der Waals surface area (Å²) in [6, 6.07) is 9.23. The van der Waals surface area contributed by atoms with Crippen LogP contribution in [0.3, 0.4) is 0 Å². The van der Waals surface area contributed by atoms with Crippen LogP contribution in [0.15, 0.2) is 48.8 Å². The van der Waals surface area contributed by atoms with Gasteiger partial charge in [0.2, 0.25) is 0 Å². The van der Waals surface area contributed by atoms with Crippen LogP contribution < -0.4 is 10.1 Å². The SMILES string of the molecule is C[C@H](Oc1cccc(F)c1)C(=O)N[C@@H](C)c1ccncc1. The predicted molar refractivity (Wildman–Crippen MR) is 77.3 cm³/mol. The summed E-state index contributed by atoms with van der Waals surface area (Å²) in [5.74, 6) is -0.331. The van der Waals surface area contributed by atoms with Crippen LogP contribution in [-0.4, -0.2) is 17.0 Å². The van der Waals surface area contributed by atoms with Gasteiger partial charge in [0.25, 0.3) is 5.91 Å². The largest absolute Gasteiger partial charge is 0.481 e. The monoisotopic (exact) mass is 288 g/mol. The minimum atomic E-state index is -0.712. The molecule has 110 valence electrons. The first-order valence-electron chi connectivity index (χ1n) is 6.69. The highest BCUT2D eigenvalue weighted by Crippen LogP contribution is 2.15. The molecule has 0 fully saturated rings. The van der Waals surface area contributed by atoms with E-state index in [2.05, 4.69) is 10.3 Å². The number of hydrogen-bond donors (Lipinski definition) is 1. The summed E-state index contributed by atoms with van der Waals surface area (Å²) >= 11 is 0. The normalized spacial score (nSPS) is 13.3. The van der Waals surface area contributed by atoms with E-state index in [1.807, 2.05) is 19.1 Å². The summed E-state index contributed by atoms with van der Waals surface area (Å²) < 4.78 is 18.5. The van der Waals surface area contributed by atoms with E-state index in [1.54, 1.807) is 25.4 Å². The van der Waals surface area contributed by atoms with Crippen molar-refractivity contribution in [3.8, 4) is 5.75 Å². The van der Waals surface area contributed by atoms with Gasteiger partial charge in [0.1, 0.15) is 11.6 Å². The molecule has 0 aliphatic rings. The Kier molecular flexibility index (Phi) is 4.87. The zero-order valence-corrected chi connectivity index (χ0v) is 11.9. The fraction of sp³-hybridized carbons (Fsp3) is 0.250. The number of pyridine rings is 1. The average Bonchev–Trinajstić information content (AvgIpc) is 2.48. The van der Waals surface area contributed by atoms with Crippen LogP contribution in [-0.2, 0) is 4.79 Å². The van der Waals surface area contributed by atoms with Gasteiger partial charge in [0, 0.05) is 18.5 Å². The Bertz CT molecular complexity index is 604. The molecule has 21 heavy (non-hydrogen) atoms. The molecule has 0 bridgehead atoms. The second kappa shape index (κ2) is 6.83. The van der Waals surface area contributed by atoms with Crippen LogP contribution in [0.2, 0.25) is 0 Å². The molecule has 2 rings (SSSR count). The Balaban J connectivity index is 1.94. The molecule has 5 heteroatoms. The fourth-order valence-corrected chi connectivity index (χ4v) is 1.86. The maximum Gasteiger partial charge on any atom is 0.261 e. The average molecular weight is 288 g/mol. The first-order valence-corrected chi connectivity index (χ1v) is 6.69. The van der Waals surface area contributed by atoms with Gasteiger partial charge in [-0.3, -0.25) is 9.78 Å². The van der Waals surface area contributed by atoms with Gasteiger partial charge in [-0.2, -0.15) is 0 Å². The zero-order chi connectivity index (χ0) is 15.2. The van der Waals surface area contributed by atoms with Crippen LogP contribution in [0.5, 0.6) is 5.75 Å². The molecule has 0 saturated heterocycles. The number of carbonyl (C=O) groups excluding carboxylic acids is 1. The Morgan fingerprint density at radius 1 is 1.24 bits per heavy atom. The smallest absolute Gasteiger partial charge is 0.261 e. The third kappa shape index (κ3) is 4.27. The number of carbonyl (C=O) groups is 1. The number of amides is 1. The van der Waals surface area contributed by atoms with Crippen molar-refractivity contribution < 1.29 is 13.9 Å². The van der Waals surface area contributed by atoms with Crippen LogP contribution >= 0.6 is 0 Å². The van der Waals surface area contributed by atoms with Crippen LogP contribution in [0.1, 0.15) is 25.5 Å². The molecular weight excluding hydrogens is 271 g/mol. The molecule has 4 nitrogen and oxygen atoms in total. The van der Waals surface area contributed by atoms with Gasteiger partial charge in [-0.15, -0.1) is 0 Å². The first-order chi connectivity index (χ1) is 10.1. The molecule has 0 radical (unpaired) electrons. The summed E-state index contributed by atoms with van der Waals surface area (Å²) in [6.07, 6.45) is 2.63. The lowest BCUT2D eigenvalue weighted by Crippen LogP contribution is -2.37. The van der Waals surface area contributed by atoms with E-state index in [0.717, 1.165) is 5.56 Å². The molecular formula is C16H17FN2O2. The molecule has 0 aliphatic carbocycles. The van der Waals surface area contributed by atoms with Crippen LogP contribution in [0.4, 0.5) is 4.39 Å². The van der Waals surface area contributed by atoms with Gasteiger partial charge in [-0.05, 0) is 43.7 Å². The molecule has 2 atom stereocenters. The van der Waals surface area contributed by atoms with E-state index >= 15 is 0 Å². The Morgan fingerprint density at radius 3 is 2.62 bits per heavy atom. The van der Waals surface area contributed by atoms with E-state index < -0.39 is 11.9 Å². The fourth-order valence-electron chi connectivity index (χ4n) is 1.86. The zero-order valence-electron chi connectivity index (χ0n) is 11.9. The number of aromatic nitrogens is 1. The number of nitrogens with zero attached hydrogens (tertiary/aromatic N) is 1. The Hall–Kier alpha value is -2.43. The van der Waals surface area contributed by atoms with Crippen molar-refractivity contribution in [2.24, 2.45) is 0 Å². The predicted octanol–water partition coefficient (Wildman–Crippen LogP) is 2.87. The van der Waals surface area contributed by atoms with Gasteiger partial charge in [-0.1, -0.05) is 6.07 Å². The van der Waals surface area contributed by atoms with Gasteiger partial charge in [0.15, 0.2) is 6.10 Å². The standard InChI is InChI=1S/C16H17FN2O2/c1-11(13-6-8-18-9-7-13)19-16(20)12(2)21-15-5-3-4-14(17)10-15/h3-12H,1-2H3,(H,19,20)/t11-,12-/m0/s1. The number of benzene rings is 1. The minimum Gasteiger partial charge on any atom is -0.481 e. The third-order valence-corrected chi connectivity index (χ3v) is 3.04. The number of hydrogen-bond acceptors (Lipinski definition) is 3. The minimum absolute atomic E-state index is 0.154. The highest BCUT2D eigenvalue weighted by Gasteiger charge is 2.17. The van der Waals surface area contributed by atoms with Crippen molar-refractivity contribution in [3.05, 3.63) is 60.2 Å². The van der Waals surface area contributed by atoms with Crippen molar-refractivity contribution in [2.75, 3.05) is 0 Å². The van der Waals surface area contributed by atoms with E-state index in [0.29, 0.717) is 5.75 Å². The second-order valence-corrected chi connectivity index (χ2v) is 4.73. The van der Waals surface area contributed by atoms with E-state index in [-0.39, 0.29) is 11.9 Å². The molecule has 0 aliphatic heterocycles. The van der Waals surface area contributed by atoms with Gasteiger partial charge in [0.05, 0.1) is 6.04 Å². The van der Waals surface area contributed by atoms with Gasteiger partial charge >= 0.3 is 0 Å². The lowest BCUT2D eigenvalue weighted by molar-refractivity contribution is -0.127. The molecule has 1 N–H and O–H groups in total. The van der Waals surface area contributed by atoms with E-state index in [4.69, 9.17) is 4.74 Å². The van der Waals surface area contributed by atoms with Crippen molar-refractivity contribution in [2.45, 2.75) is 26.0 Å². The maximum atomic E-state index is 13.1. The lowest BCUT2D eigenvalue weighted by atomic mass is 10.1. The number of halogens is 1. The number of ether oxygens (including phenoxy) is 1. The molecule has 0 spiro atoms. The van der Waals surface area contributed by atoms with Crippen molar-refractivity contribution in [1.29, 1.82) is 0 Å². The highest BCUT2D eigenvalue weighted by molar-refractivity contribution is 5.81. The number of rotatable bonds is 5. The first kappa shape index (κ1) is 15.0. The topological polar surface area (TPSA) is 51.2 Å². The summed E-state index contributed by atoms with van der Waals surface area (Å²) in [6.45, 7) is 3.50. The van der Waals surface area contributed by atoms with E-state index in [9.17, 15) is 9.18 Å². The van der Waals surface area contributed by atoms with Gasteiger partial charge < -0.3 is 10.1 Å². The number of nitrogens with one attached hydrogen (secondary N) is 1. The summed E-state index contributed by atoms with van der Waals surface area (Å²) in [7, 11) is 0. The molecule has 0 saturated carbocycles. The second-order valence-electron chi connectivity index (χ2n) is 4.73. The molecule has 1 heterocycles. The van der Waals surface area contributed by atoms with Crippen molar-refractivity contribution >= 4 is 5.91 Å². The molecule has 1 amide bonds. The van der Waals surface area contributed by atoms with Crippen molar-refractivity contribution in [3.63, 3.8) is 0 Å². The highest BCUT2D eigenvalue weighted by atomic mass is 19.1. The summed E-state index contributed by atoms with van der Waals surface area (Å²) in [5.41, 5.74) is 0.955. The van der Waals surface area contributed by atoms with E-state index in [1.165, 1.54) is 18.2 Å². The van der Waals surface area contributed by atoms with Crippen LogP contribution in [0, 0.1) is 5.82 Å². The Morgan fingerprint density at radius 2 is 1.95 bits per heavy atom. The molecule has 0 unspecified atom stereocenters. The molecule has 1 aromatic heterocycles. The quantitative estimate of drug-likeness (QED) is 0.920. The van der Waals surface area contributed by atoms with Crippen LogP contribution in [0.25, 0.3) is 0 Å². The Labute approximate surface area is 123 Å². The van der Waals surface area contributed by atoms with Gasteiger partial charge in [-0.25, -0.2) is 4.39 Å². The maximum absolute atomic E-state index is 13.1. The van der Waals surface area contributed by atoms with Crippen molar-refractivity contribution in [1.82, 2.24) is 10.3 Å². The molecule has 2 aromatic rings. The summed E-state index contributed by atoms with van der Waals surface area (Å²) in [5, 5.41) is 2.85. The third-order valence-electron chi connectivity index (χ3n) is 3.04.